The average molecular weight is 288 g/mol. The van der Waals surface area contributed by atoms with E-state index in [0.717, 1.165) is 0 Å². The summed E-state index contributed by atoms with van der Waals surface area (Å²) in [4.78, 5) is 15.9. The Bertz CT molecular complexity index is 616. The number of amides is 1. The second-order valence-corrected chi connectivity index (χ2v) is 4.07. The van der Waals surface area contributed by atoms with Crippen LogP contribution in [0, 0.1) is 0 Å². The zero-order valence-corrected chi connectivity index (χ0v) is 11.8. The fourth-order valence-electron chi connectivity index (χ4n) is 1.66. The zero-order chi connectivity index (χ0) is 15.1. The molecule has 2 rings (SSSR count). The number of aromatic nitrogens is 1. The molecule has 21 heavy (non-hydrogen) atoms. The van der Waals surface area contributed by atoms with Crippen molar-refractivity contribution in [3.05, 3.63) is 42.6 Å². The van der Waals surface area contributed by atoms with Gasteiger partial charge in [0.2, 0.25) is 0 Å². The van der Waals surface area contributed by atoms with Crippen molar-refractivity contribution >= 4 is 11.7 Å². The first-order valence-corrected chi connectivity index (χ1v) is 6.28. The van der Waals surface area contributed by atoms with Gasteiger partial charge in [0.1, 0.15) is 11.5 Å². The molecule has 0 aliphatic heterocycles. The first-order valence-electron chi connectivity index (χ1n) is 6.28. The topological polar surface area (TPSA) is 69.7 Å². The van der Waals surface area contributed by atoms with Gasteiger partial charge in [-0.15, -0.1) is 0 Å². The quantitative estimate of drug-likeness (QED) is 0.881. The van der Waals surface area contributed by atoms with Crippen LogP contribution in [-0.4, -0.2) is 31.7 Å². The van der Waals surface area contributed by atoms with Gasteiger partial charge in [0, 0.05) is 12.3 Å². The Morgan fingerprint density at radius 3 is 2.71 bits per heavy atom. The number of hydrogen-bond acceptors (Lipinski definition) is 5. The highest BCUT2D eigenvalue weighted by Gasteiger charge is 2.09. The fraction of sp³-hybridized carbons (Fsp3) is 0.200. The van der Waals surface area contributed by atoms with E-state index in [2.05, 4.69) is 10.3 Å². The molecule has 0 saturated heterocycles. The van der Waals surface area contributed by atoms with Crippen LogP contribution < -0.4 is 19.5 Å². The third-order valence-electron chi connectivity index (χ3n) is 2.66. The van der Waals surface area contributed by atoms with Crippen LogP contribution in [0.2, 0.25) is 0 Å². The Labute approximate surface area is 122 Å². The molecular weight excluding hydrogens is 272 g/mol. The maximum atomic E-state index is 11.8. The molecule has 0 aliphatic rings. The number of rotatable bonds is 6. The lowest BCUT2D eigenvalue weighted by Gasteiger charge is -2.10. The molecule has 0 unspecified atom stereocenters. The number of carbonyl (C=O) groups is 1. The van der Waals surface area contributed by atoms with E-state index in [0.29, 0.717) is 23.1 Å². The van der Waals surface area contributed by atoms with Gasteiger partial charge in [-0.3, -0.25) is 4.79 Å². The fourth-order valence-corrected chi connectivity index (χ4v) is 1.66. The molecule has 0 atom stereocenters. The Morgan fingerprint density at radius 2 is 1.95 bits per heavy atom. The van der Waals surface area contributed by atoms with Crippen LogP contribution in [0.4, 0.5) is 5.82 Å². The van der Waals surface area contributed by atoms with Gasteiger partial charge in [-0.1, -0.05) is 6.07 Å². The Kier molecular flexibility index (Phi) is 4.98. The standard InChI is InChI=1S/C15H16N2O4/c1-19-11-5-3-6-12(9-11)21-10-14(18)17-15-13(20-2)7-4-8-16-15/h3-9H,10H2,1-2H3,(H,16,17,18). The number of nitrogens with one attached hydrogen (secondary N) is 1. The van der Waals surface area contributed by atoms with Crippen LogP contribution in [-0.2, 0) is 4.79 Å². The number of nitrogens with zero attached hydrogens (tertiary/aromatic N) is 1. The van der Waals surface area contributed by atoms with Crippen molar-refractivity contribution in [2.45, 2.75) is 0 Å². The van der Waals surface area contributed by atoms with Crippen molar-refractivity contribution in [2.75, 3.05) is 26.1 Å². The van der Waals surface area contributed by atoms with E-state index in [1.807, 2.05) is 0 Å². The summed E-state index contributed by atoms with van der Waals surface area (Å²) in [5.74, 6) is 1.75. The van der Waals surface area contributed by atoms with Crippen LogP contribution in [0.25, 0.3) is 0 Å². The molecule has 6 heteroatoms. The molecule has 0 fully saturated rings. The highest BCUT2D eigenvalue weighted by molar-refractivity contribution is 5.92. The van der Waals surface area contributed by atoms with E-state index in [-0.39, 0.29) is 12.5 Å². The second-order valence-electron chi connectivity index (χ2n) is 4.07. The highest BCUT2D eigenvalue weighted by Crippen LogP contribution is 2.21. The minimum Gasteiger partial charge on any atom is -0.497 e. The zero-order valence-electron chi connectivity index (χ0n) is 11.8. The van der Waals surface area contributed by atoms with Crippen molar-refractivity contribution in [1.82, 2.24) is 4.98 Å². The molecule has 6 nitrogen and oxygen atoms in total. The van der Waals surface area contributed by atoms with E-state index < -0.39 is 0 Å². The molecule has 2 aromatic rings. The third-order valence-corrected chi connectivity index (χ3v) is 2.66. The van der Waals surface area contributed by atoms with Crippen molar-refractivity contribution in [1.29, 1.82) is 0 Å². The van der Waals surface area contributed by atoms with E-state index in [4.69, 9.17) is 14.2 Å². The first-order chi connectivity index (χ1) is 10.2. The predicted molar refractivity (Wildman–Crippen MR) is 77.9 cm³/mol. The second kappa shape index (κ2) is 7.14. The Morgan fingerprint density at radius 1 is 1.14 bits per heavy atom. The number of hydrogen-bond donors (Lipinski definition) is 1. The predicted octanol–water partition coefficient (Wildman–Crippen LogP) is 2.12. The SMILES string of the molecule is COc1cccc(OCC(=O)Nc2ncccc2OC)c1. The summed E-state index contributed by atoms with van der Waals surface area (Å²) in [6.45, 7) is -0.132. The van der Waals surface area contributed by atoms with E-state index in [1.54, 1.807) is 49.7 Å². The number of pyridine rings is 1. The molecule has 0 spiro atoms. The minimum absolute atomic E-state index is 0.132. The number of methoxy groups -OCH3 is 2. The highest BCUT2D eigenvalue weighted by atomic mass is 16.5. The van der Waals surface area contributed by atoms with Gasteiger partial charge in [-0.2, -0.15) is 0 Å². The molecule has 1 aromatic heterocycles. The monoisotopic (exact) mass is 288 g/mol. The summed E-state index contributed by atoms with van der Waals surface area (Å²) in [5.41, 5.74) is 0. The molecule has 1 amide bonds. The minimum atomic E-state index is -0.324. The molecule has 110 valence electrons. The lowest BCUT2D eigenvalue weighted by atomic mass is 10.3. The van der Waals surface area contributed by atoms with Crippen LogP contribution in [0.15, 0.2) is 42.6 Å². The largest absolute Gasteiger partial charge is 0.497 e. The third kappa shape index (κ3) is 4.10. The van der Waals surface area contributed by atoms with Crippen molar-refractivity contribution in [3.8, 4) is 17.2 Å². The number of anilines is 1. The van der Waals surface area contributed by atoms with Gasteiger partial charge >= 0.3 is 0 Å². The molecule has 0 bridgehead atoms. The van der Waals surface area contributed by atoms with Crippen LogP contribution in [0.1, 0.15) is 0 Å². The summed E-state index contributed by atoms with van der Waals surface area (Å²) in [5, 5.41) is 2.63. The number of carbonyl (C=O) groups excluding carboxylic acids is 1. The number of benzene rings is 1. The normalized spacial score (nSPS) is 9.81. The summed E-state index contributed by atoms with van der Waals surface area (Å²) < 4.78 is 15.6. The van der Waals surface area contributed by atoms with E-state index in [1.165, 1.54) is 7.11 Å². The van der Waals surface area contributed by atoms with Crippen molar-refractivity contribution in [3.63, 3.8) is 0 Å². The smallest absolute Gasteiger partial charge is 0.263 e. The number of ether oxygens (including phenoxy) is 3. The van der Waals surface area contributed by atoms with Gasteiger partial charge in [0.15, 0.2) is 18.2 Å². The van der Waals surface area contributed by atoms with Gasteiger partial charge < -0.3 is 19.5 Å². The maximum Gasteiger partial charge on any atom is 0.263 e. The lowest BCUT2D eigenvalue weighted by Crippen LogP contribution is -2.21. The van der Waals surface area contributed by atoms with E-state index >= 15 is 0 Å². The van der Waals surface area contributed by atoms with Crippen molar-refractivity contribution in [2.24, 2.45) is 0 Å². The molecule has 1 aromatic carbocycles. The van der Waals surface area contributed by atoms with Crippen LogP contribution >= 0.6 is 0 Å². The molecule has 0 radical (unpaired) electrons. The summed E-state index contributed by atoms with van der Waals surface area (Å²) >= 11 is 0. The van der Waals surface area contributed by atoms with Crippen LogP contribution in [0.3, 0.4) is 0 Å². The summed E-state index contributed by atoms with van der Waals surface area (Å²) in [7, 11) is 3.08. The summed E-state index contributed by atoms with van der Waals surface area (Å²) in [6.07, 6.45) is 1.57. The van der Waals surface area contributed by atoms with Gasteiger partial charge in [0.05, 0.1) is 14.2 Å². The Balaban J connectivity index is 1.92. The van der Waals surface area contributed by atoms with E-state index in [9.17, 15) is 4.79 Å². The molecule has 1 heterocycles. The first kappa shape index (κ1) is 14.6. The maximum absolute atomic E-state index is 11.8. The molecular formula is C15H16N2O4. The van der Waals surface area contributed by atoms with Gasteiger partial charge in [-0.05, 0) is 24.3 Å². The molecule has 0 saturated carbocycles. The summed E-state index contributed by atoms with van der Waals surface area (Å²) in [6, 6.07) is 10.5. The van der Waals surface area contributed by atoms with Crippen LogP contribution in [0.5, 0.6) is 17.2 Å². The van der Waals surface area contributed by atoms with Gasteiger partial charge in [-0.25, -0.2) is 4.98 Å². The average Bonchev–Trinajstić information content (AvgIpc) is 2.53. The lowest BCUT2D eigenvalue weighted by molar-refractivity contribution is -0.118. The van der Waals surface area contributed by atoms with Gasteiger partial charge in [0.25, 0.3) is 5.91 Å². The molecule has 0 aliphatic carbocycles. The molecule has 1 N–H and O–H groups in total. The Hall–Kier alpha value is -2.76. The van der Waals surface area contributed by atoms with Crippen molar-refractivity contribution < 1.29 is 19.0 Å².